The van der Waals surface area contributed by atoms with Crippen molar-refractivity contribution in [2.45, 2.75) is 45.6 Å². The molecule has 2 aromatic rings. The summed E-state index contributed by atoms with van der Waals surface area (Å²) >= 11 is 0. The number of carbonyl (C=O) groups excluding carboxylic acids is 1. The fourth-order valence-electron chi connectivity index (χ4n) is 2.57. The van der Waals surface area contributed by atoms with Gasteiger partial charge in [0.1, 0.15) is 11.6 Å². The number of hydrogen-bond acceptors (Lipinski definition) is 4. The number of aryl methyl sites for hydroxylation is 2. The number of rotatable bonds is 6. The highest BCUT2D eigenvalue weighted by atomic mass is 16.5. The van der Waals surface area contributed by atoms with Gasteiger partial charge in [0.05, 0.1) is 12.2 Å². The molecular formula is C15H20N4O3. The van der Waals surface area contributed by atoms with Gasteiger partial charge in [0.25, 0.3) is 5.56 Å². The number of anilines is 1. The Kier molecular flexibility index (Phi) is 3.87. The molecule has 1 atom stereocenters. The quantitative estimate of drug-likeness (QED) is 0.853. The minimum absolute atomic E-state index is 0.114. The van der Waals surface area contributed by atoms with Crippen LogP contribution < -0.4 is 10.9 Å². The predicted octanol–water partition coefficient (Wildman–Crippen LogP) is 2.02. The molecule has 3 rings (SSSR count). The minimum atomic E-state index is -0.289. The molecule has 1 fully saturated rings. The lowest BCUT2D eigenvalue weighted by Crippen LogP contribution is -2.19. The third-order valence-corrected chi connectivity index (χ3v) is 4.10. The maximum Gasteiger partial charge on any atom is 0.280 e. The molecule has 0 aliphatic heterocycles. The highest BCUT2D eigenvalue weighted by Gasteiger charge is 2.31. The number of H-pyrrole nitrogens is 1. The molecule has 1 aliphatic carbocycles. The first-order valence-corrected chi connectivity index (χ1v) is 7.56. The summed E-state index contributed by atoms with van der Waals surface area (Å²) in [6.07, 6.45) is 4.86. The molecule has 1 aliphatic rings. The van der Waals surface area contributed by atoms with Gasteiger partial charge < -0.3 is 9.84 Å². The van der Waals surface area contributed by atoms with Crippen LogP contribution in [0.4, 0.5) is 5.82 Å². The lowest BCUT2D eigenvalue weighted by molar-refractivity contribution is -0.116. The number of aromatic nitrogens is 3. The standard InChI is InChI=1S/C15H20N4O3/c1-9-8-16-19(10(2)11-3-4-11)15(9)17-13(20)6-5-12-7-14(21)18-22-12/h7-8,10-11H,3-6H2,1-2H3,(H,17,20)(H,18,21)/t10-/m1/s1. The first kappa shape index (κ1) is 14.6. The summed E-state index contributed by atoms with van der Waals surface area (Å²) in [6.45, 7) is 4.07. The number of nitrogens with one attached hydrogen (secondary N) is 2. The molecule has 0 aromatic carbocycles. The van der Waals surface area contributed by atoms with Crippen molar-refractivity contribution in [3.8, 4) is 0 Å². The summed E-state index contributed by atoms with van der Waals surface area (Å²) in [4.78, 5) is 23.1. The number of carbonyl (C=O) groups is 1. The van der Waals surface area contributed by atoms with Crippen LogP contribution in [0.5, 0.6) is 0 Å². The zero-order valence-electron chi connectivity index (χ0n) is 12.8. The second-order valence-corrected chi connectivity index (χ2v) is 5.93. The van der Waals surface area contributed by atoms with E-state index in [0.29, 0.717) is 24.1 Å². The zero-order valence-corrected chi connectivity index (χ0v) is 12.8. The summed E-state index contributed by atoms with van der Waals surface area (Å²) in [5.74, 6) is 1.79. The summed E-state index contributed by atoms with van der Waals surface area (Å²) in [7, 11) is 0. The average molecular weight is 304 g/mol. The Bertz CT molecular complexity index is 723. The molecule has 2 aromatic heterocycles. The predicted molar refractivity (Wildman–Crippen MR) is 80.7 cm³/mol. The highest BCUT2D eigenvalue weighted by molar-refractivity contribution is 5.90. The number of hydrogen-bond donors (Lipinski definition) is 2. The minimum Gasteiger partial charge on any atom is -0.384 e. The third kappa shape index (κ3) is 3.13. The van der Waals surface area contributed by atoms with Crippen LogP contribution in [0.2, 0.25) is 0 Å². The van der Waals surface area contributed by atoms with E-state index in [1.165, 1.54) is 18.9 Å². The van der Waals surface area contributed by atoms with Gasteiger partial charge in [0, 0.05) is 24.5 Å². The molecule has 0 saturated heterocycles. The maximum absolute atomic E-state index is 12.1. The van der Waals surface area contributed by atoms with Crippen molar-refractivity contribution < 1.29 is 9.32 Å². The first-order chi connectivity index (χ1) is 10.5. The van der Waals surface area contributed by atoms with Gasteiger partial charge >= 0.3 is 0 Å². The maximum atomic E-state index is 12.1. The van der Waals surface area contributed by atoms with Gasteiger partial charge in [-0.15, -0.1) is 0 Å². The van der Waals surface area contributed by atoms with Crippen LogP contribution in [-0.4, -0.2) is 20.8 Å². The van der Waals surface area contributed by atoms with Gasteiger partial charge in [-0.05, 0) is 32.6 Å². The van der Waals surface area contributed by atoms with E-state index >= 15 is 0 Å². The van der Waals surface area contributed by atoms with Crippen LogP contribution in [0.3, 0.4) is 0 Å². The Morgan fingerprint density at radius 1 is 1.59 bits per heavy atom. The monoisotopic (exact) mass is 304 g/mol. The second kappa shape index (κ2) is 5.82. The van der Waals surface area contributed by atoms with E-state index in [1.807, 2.05) is 11.6 Å². The van der Waals surface area contributed by atoms with Crippen molar-refractivity contribution in [2.24, 2.45) is 5.92 Å². The molecule has 1 saturated carbocycles. The lowest BCUT2D eigenvalue weighted by Gasteiger charge is -2.16. The van der Waals surface area contributed by atoms with E-state index in [2.05, 4.69) is 22.5 Å². The van der Waals surface area contributed by atoms with Crippen LogP contribution >= 0.6 is 0 Å². The van der Waals surface area contributed by atoms with Gasteiger partial charge in [-0.2, -0.15) is 10.3 Å². The fourth-order valence-corrected chi connectivity index (χ4v) is 2.57. The summed E-state index contributed by atoms with van der Waals surface area (Å²) in [5, 5.41) is 9.53. The molecule has 7 heteroatoms. The molecule has 2 N–H and O–H groups in total. The van der Waals surface area contributed by atoms with E-state index in [-0.39, 0.29) is 17.9 Å². The molecule has 0 unspecified atom stereocenters. The number of amides is 1. The Balaban J connectivity index is 1.63. The lowest BCUT2D eigenvalue weighted by atomic mass is 10.2. The van der Waals surface area contributed by atoms with E-state index < -0.39 is 0 Å². The molecule has 7 nitrogen and oxygen atoms in total. The second-order valence-electron chi connectivity index (χ2n) is 5.93. The summed E-state index contributed by atoms with van der Waals surface area (Å²) < 4.78 is 6.84. The first-order valence-electron chi connectivity index (χ1n) is 7.56. The molecule has 22 heavy (non-hydrogen) atoms. The van der Waals surface area contributed by atoms with Gasteiger partial charge in [-0.3, -0.25) is 9.59 Å². The van der Waals surface area contributed by atoms with Crippen molar-refractivity contribution in [1.82, 2.24) is 14.9 Å². The Labute approximate surface area is 127 Å². The van der Waals surface area contributed by atoms with Crippen molar-refractivity contribution >= 4 is 11.7 Å². The molecule has 118 valence electrons. The van der Waals surface area contributed by atoms with Gasteiger partial charge in [-0.1, -0.05) is 0 Å². The number of nitrogens with zero attached hydrogens (tertiary/aromatic N) is 2. The van der Waals surface area contributed by atoms with Crippen LogP contribution in [0, 0.1) is 12.8 Å². The largest absolute Gasteiger partial charge is 0.384 e. The normalized spacial score (nSPS) is 15.7. The number of aromatic amines is 1. The van der Waals surface area contributed by atoms with Crippen molar-refractivity contribution in [2.75, 3.05) is 5.32 Å². The van der Waals surface area contributed by atoms with Crippen molar-refractivity contribution in [1.29, 1.82) is 0 Å². The van der Waals surface area contributed by atoms with Crippen molar-refractivity contribution in [3.63, 3.8) is 0 Å². The van der Waals surface area contributed by atoms with E-state index in [0.717, 1.165) is 11.4 Å². The summed E-state index contributed by atoms with van der Waals surface area (Å²) in [6, 6.07) is 1.66. The van der Waals surface area contributed by atoms with Gasteiger partial charge in [0.2, 0.25) is 5.91 Å². The van der Waals surface area contributed by atoms with E-state index in [4.69, 9.17) is 4.52 Å². The van der Waals surface area contributed by atoms with Gasteiger partial charge in [-0.25, -0.2) is 4.68 Å². The van der Waals surface area contributed by atoms with Gasteiger partial charge in [0.15, 0.2) is 0 Å². The highest BCUT2D eigenvalue weighted by Crippen LogP contribution is 2.40. The van der Waals surface area contributed by atoms with Crippen LogP contribution in [0.15, 0.2) is 21.6 Å². The molecule has 0 bridgehead atoms. The van der Waals surface area contributed by atoms with Crippen LogP contribution in [-0.2, 0) is 11.2 Å². The third-order valence-electron chi connectivity index (χ3n) is 4.10. The molecule has 1 amide bonds. The SMILES string of the molecule is Cc1cnn([C@H](C)C2CC2)c1NC(=O)CCc1cc(=O)[nH]o1. The Hall–Kier alpha value is -2.31. The zero-order chi connectivity index (χ0) is 15.7. The Morgan fingerprint density at radius 2 is 2.36 bits per heavy atom. The smallest absolute Gasteiger partial charge is 0.280 e. The molecule has 2 heterocycles. The summed E-state index contributed by atoms with van der Waals surface area (Å²) in [5.41, 5.74) is 0.664. The van der Waals surface area contributed by atoms with E-state index in [9.17, 15) is 9.59 Å². The average Bonchev–Trinajstić information content (AvgIpc) is 3.17. The topological polar surface area (TPSA) is 92.9 Å². The van der Waals surface area contributed by atoms with Crippen LogP contribution in [0.1, 0.15) is 43.6 Å². The fraction of sp³-hybridized carbons (Fsp3) is 0.533. The molecule has 0 spiro atoms. The molecule has 0 radical (unpaired) electrons. The van der Waals surface area contributed by atoms with Crippen molar-refractivity contribution in [3.05, 3.63) is 33.9 Å². The Morgan fingerprint density at radius 3 is 3.00 bits per heavy atom. The van der Waals surface area contributed by atoms with E-state index in [1.54, 1.807) is 6.20 Å². The van der Waals surface area contributed by atoms with Crippen LogP contribution in [0.25, 0.3) is 0 Å². The molecular weight excluding hydrogens is 284 g/mol.